The lowest BCUT2D eigenvalue weighted by Gasteiger charge is -2.21. The fourth-order valence-corrected chi connectivity index (χ4v) is 2.59. The molecular weight excluding hydrogens is 206 g/mol. The minimum Gasteiger partial charge on any atom is -0.327 e. The van der Waals surface area contributed by atoms with Crippen LogP contribution in [0.4, 0.5) is 0 Å². The maximum Gasteiger partial charge on any atom is 0.00734 e. The topological polar surface area (TPSA) is 26.0 Å². The molecule has 0 spiro atoms. The number of hydrogen-bond acceptors (Lipinski definition) is 1. The van der Waals surface area contributed by atoms with E-state index in [1.54, 1.807) is 0 Å². The molecule has 1 aromatic rings. The second kappa shape index (κ2) is 4.81. The normalized spacial score (nSPS) is 25.6. The van der Waals surface area contributed by atoms with Crippen LogP contribution in [0.1, 0.15) is 51.5 Å². The van der Waals surface area contributed by atoms with Crippen molar-refractivity contribution in [2.24, 2.45) is 17.1 Å². The molecule has 0 amide bonds. The van der Waals surface area contributed by atoms with Crippen molar-refractivity contribution in [2.75, 3.05) is 0 Å². The highest BCUT2D eigenvalue weighted by Crippen LogP contribution is 2.50. The van der Waals surface area contributed by atoms with Gasteiger partial charge in [0.1, 0.15) is 0 Å². The average Bonchev–Trinajstić information content (AvgIpc) is 3.06. The first-order valence-corrected chi connectivity index (χ1v) is 6.78. The molecule has 1 nitrogen and oxygen atoms in total. The van der Waals surface area contributed by atoms with Crippen LogP contribution >= 0.6 is 0 Å². The smallest absolute Gasteiger partial charge is 0.00734 e. The number of nitrogens with two attached hydrogens (primary N) is 1. The first-order valence-electron chi connectivity index (χ1n) is 6.78. The predicted octanol–water partition coefficient (Wildman–Crippen LogP) is 3.94. The molecule has 3 unspecified atom stereocenters. The van der Waals surface area contributed by atoms with E-state index in [2.05, 4.69) is 51.1 Å². The van der Waals surface area contributed by atoms with Crippen molar-refractivity contribution in [2.45, 2.75) is 52.0 Å². The van der Waals surface area contributed by atoms with Gasteiger partial charge >= 0.3 is 0 Å². The van der Waals surface area contributed by atoms with Gasteiger partial charge in [0, 0.05) is 6.04 Å². The van der Waals surface area contributed by atoms with Crippen LogP contribution in [0.3, 0.4) is 0 Å². The van der Waals surface area contributed by atoms with Gasteiger partial charge in [-0.2, -0.15) is 0 Å². The lowest BCUT2D eigenvalue weighted by Crippen LogP contribution is -2.25. The fourth-order valence-electron chi connectivity index (χ4n) is 2.59. The van der Waals surface area contributed by atoms with Crippen molar-refractivity contribution in [1.82, 2.24) is 0 Å². The lowest BCUT2D eigenvalue weighted by molar-refractivity contribution is 0.338. The SMILES string of the molecule is CC(C)(C)CCC(N)C1CC1c1ccccc1. The molecule has 0 saturated heterocycles. The van der Waals surface area contributed by atoms with Gasteiger partial charge in [0.05, 0.1) is 0 Å². The summed E-state index contributed by atoms with van der Waals surface area (Å²) in [6, 6.07) is 11.2. The van der Waals surface area contributed by atoms with E-state index in [0.29, 0.717) is 11.5 Å². The third kappa shape index (κ3) is 3.57. The van der Waals surface area contributed by atoms with Gasteiger partial charge in [-0.25, -0.2) is 0 Å². The van der Waals surface area contributed by atoms with Crippen LogP contribution in [0, 0.1) is 11.3 Å². The highest BCUT2D eigenvalue weighted by Gasteiger charge is 2.42. The summed E-state index contributed by atoms with van der Waals surface area (Å²) < 4.78 is 0. The summed E-state index contributed by atoms with van der Waals surface area (Å²) >= 11 is 0. The van der Waals surface area contributed by atoms with Crippen molar-refractivity contribution in [1.29, 1.82) is 0 Å². The molecule has 1 fully saturated rings. The van der Waals surface area contributed by atoms with E-state index in [4.69, 9.17) is 5.73 Å². The minimum absolute atomic E-state index is 0.388. The Morgan fingerprint density at radius 2 is 1.88 bits per heavy atom. The van der Waals surface area contributed by atoms with Crippen LogP contribution in [0.5, 0.6) is 0 Å². The number of hydrogen-bond donors (Lipinski definition) is 1. The maximum absolute atomic E-state index is 6.31. The fraction of sp³-hybridized carbons (Fsp3) is 0.625. The van der Waals surface area contributed by atoms with Crippen LogP contribution in [0.15, 0.2) is 30.3 Å². The molecule has 1 aliphatic rings. The minimum atomic E-state index is 0.388. The second-order valence-corrected chi connectivity index (χ2v) is 6.68. The molecule has 1 saturated carbocycles. The van der Waals surface area contributed by atoms with E-state index in [-0.39, 0.29) is 0 Å². The monoisotopic (exact) mass is 231 g/mol. The number of benzene rings is 1. The van der Waals surface area contributed by atoms with E-state index < -0.39 is 0 Å². The van der Waals surface area contributed by atoms with Gasteiger partial charge in [-0.1, -0.05) is 51.1 Å². The molecule has 3 atom stereocenters. The van der Waals surface area contributed by atoms with E-state index in [1.807, 2.05) is 0 Å². The van der Waals surface area contributed by atoms with Gasteiger partial charge < -0.3 is 5.73 Å². The zero-order valence-electron chi connectivity index (χ0n) is 11.3. The summed E-state index contributed by atoms with van der Waals surface area (Å²) in [5, 5.41) is 0. The van der Waals surface area contributed by atoms with Crippen molar-refractivity contribution in [3.63, 3.8) is 0 Å². The van der Waals surface area contributed by atoms with Gasteiger partial charge in [0.25, 0.3) is 0 Å². The highest BCUT2D eigenvalue weighted by molar-refractivity contribution is 5.26. The highest BCUT2D eigenvalue weighted by atomic mass is 14.7. The standard InChI is InChI=1S/C16H25N/c1-16(2,3)10-9-15(17)14-11-13(14)12-7-5-4-6-8-12/h4-8,13-15H,9-11,17H2,1-3H3. The Morgan fingerprint density at radius 3 is 2.47 bits per heavy atom. The van der Waals surface area contributed by atoms with E-state index in [9.17, 15) is 0 Å². The van der Waals surface area contributed by atoms with Crippen LogP contribution in [0.2, 0.25) is 0 Å². The van der Waals surface area contributed by atoms with Crippen molar-refractivity contribution < 1.29 is 0 Å². The van der Waals surface area contributed by atoms with Gasteiger partial charge in [0.2, 0.25) is 0 Å². The number of rotatable bonds is 4. The Labute approximate surface area is 105 Å². The largest absolute Gasteiger partial charge is 0.327 e. The van der Waals surface area contributed by atoms with Gasteiger partial charge in [-0.15, -0.1) is 0 Å². The van der Waals surface area contributed by atoms with Crippen molar-refractivity contribution in [3.8, 4) is 0 Å². The summed E-state index contributed by atoms with van der Waals surface area (Å²) in [5.41, 5.74) is 8.20. The summed E-state index contributed by atoms with van der Waals surface area (Å²) in [5.74, 6) is 1.45. The zero-order chi connectivity index (χ0) is 12.5. The molecule has 0 aliphatic heterocycles. The first-order chi connectivity index (χ1) is 7.97. The zero-order valence-corrected chi connectivity index (χ0v) is 11.3. The summed E-state index contributed by atoms with van der Waals surface area (Å²) in [4.78, 5) is 0. The molecule has 94 valence electrons. The molecule has 0 heterocycles. The molecule has 1 aromatic carbocycles. The van der Waals surface area contributed by atoms with Crippen LogP contribution in [0.25, 0.3) is 0 Å². The van der Waals surface area contributed by atoms with Crippen molar-refractivity contribution in [3.05, 3.63) is 35.9 Å². The Kier molecular flexibility index (Phi) is 3.58. The molecule has 0 bridgehead atoms. The van der Waals surface area contributed by atoms with E-state index in [1.165, 1.54) is 18.4 Å². The molecule has 2 N–H and O–H groups in total. The van der Waals surface area contributed by atoms with Gasteiger partial charge in [-0.05, 0) is 42.1 Å². The summed E-state index contributed by atoms with van der Waals surface area (Å²) in [7, 11) is 0. The molecular formula is C16H25N. The molecule has 1 aliphatic carbocycles. The third-order valence-corrected chi connectivity index (χ3v) is 3.85. The molecule has 2 rings (SSSR count). The first kappa shape index (κ1) is 12.6. The van der Waals surface area contributed by atoms with Gasteiger partial charge in [-0.3, -0.25) is 0 Å². The van der Waals surface area contributed by atoms with Gasteiger partial charge in [0.15, 0.2) is 0 Å². The summed E-state index contributed by atoms with van der Waals surface area (Å²) in [6.45, 7) is 6.88. The average molecular weight is 231 g/mol. The third-order valence-electron chi connectivity index (χ3n) is 3.85. The van der Waals surface area contributed by atoms with E-state index in [0.717, 1.165) is 18.3 Å². The Hall–Kier alpha value is -0.820. The Balaban J connectivity index is 1.83. The Bertz CT molecular complexity index is 350. The molecule has 1 heteroatoms. The molecule has 0 aromatic heterocycles. The molecule has 0 radical (unpaired) electrons. The summed E-state index contributed by atoms with van der Waals surface area (Å²) in [6.07, 6.45) is 3.68. The Morgan fingerprint density at radius 1 is 1.24 bits per heavy atom. The lowest BCUT2D eigenvalue weighted by atomic mass is 9.87. The van der Waals surface area contributed by atoms with Crippen LogP contribution in [-0.4, -0.2) is 6.04 Å². The van der Waals surface area contributed by atoms with E-state index >= 15 is 0 Å². The molecule has 17 heavy (non-hydrogen) atoms. The van der Waals surface area contributed by atoms with Crippen molar-refractivity contribution >= 4 is 0 Å². The predicted molar refractivity (Wildman–Crippen MR) is 74.0 cm³/mol. The second-order valence-electron chi connectivity index (χ2n) is 6.68. The quantitative estimate of drug-likeness (QED) is 0.834. The maximum atomic E-state index is 6.31. The van der Waals surface area contributed by atoms with Crippen LogP contribution < -0.4 is 5.73 Å². The van der Waals surface area contributed by atoms with Crippen LogP contribution in [-0.2, 0) is 0 Å².